The highest BCUT2D eigenvalue weighted by Gasteiger charge is 2.22. The van der Waals surface area contributed by atoms with Gasteiger partial charge in [0.05, 0.1) is 42.7 Å². The Morgan fingerprint density at radius 3 is 2.71 bits per heavy atom. The SMILES string of the molecule is COc1ccc(C(NC(=O)c2cc(F)c3cnc(NCCC#N)nc3c2)c2cnn(C)c2)cc1F. The third kappa shape index (κ3) is 5.16. The minimum Gasteiger partial charge on any atom is -0.494 e. The zero-order valence-corrected chi connectivity index (χ0v) is 18.9. The summed E-state index contributed by atoms with van der Waals surface area (Å²) in [5.74, 6) is -1.55. The van der Waals surface area contributed by atoms with Crippen molar-refractivity contribution in [1.82, 2.24) is 25.1 Å². The molecule has 0 bridgehead atoms. The summed E-state index contributed by atoms with van der Waals surface area (Å²) < 4.78 is 35.7. The second-order valence-corrected chi connectivity index (χ2v) is 7.67. The van der Waals surface area contributed by atoms with Gasteiger partial charge < -0.3 is 15.4 Å². The van der Waals surface area contributed by atoms with E-state index in [4.69, 9.17) is 10.00 Å². The molecule has 0 radical (unpaired) electrons. The van der Waals surface area contributed by atoms with Gasteiger partial charge in [-0.1, -0.05) is 6.07 Å². The van der Waals surface area contributed by atoms with Gasteiger partial charge in [0.25, 0.3) is 5.91 Å². The lowest BCUT2D eigenvalue weighted by Crippen LogP contribution is -2.29. The molecule has 2 N–H and O–H groups in total. The first-order valence-electron chi connectivity index (χ1n) is 10.6. The zero-order valence-electron chi connectivity index (χ0n) is 18.9. The van der Waals surface area contributed by atoms with Crippen LogP contribution in [0.25, 0.3) is 10.9 Å². The molecule has 11 heteroatoms. The van der Waals surface area contributed by atoms with E-state index in [1.807, 2.05) is 6.07 Å². The number of benzene rings is 2. The van der Waals surface area contributed by atoms with Gasteiger partial charge in [0, 0.05) is 37.1 Å². The highest BCUT2D eigenvalue weighted by atomic mass is 19.1. The monoisotopic (exact) mass is 477 g/mol. The Morgan fingerprint density at radius 2 is 2.03 bits per heavy atom. The summed E-state index contributed by atoms with van der Waals surface area (Å²) in [6.07, 6.45) is 4.81. The molecule has 2 heterocycles. The molecule has 0 saturated heterocycles. The summed E-state index contributed by atoms with van der Waals surface area (Å²) >= 11 is 0. The Bertz CT molecular complexity index is 1430. The van der Waals surface area contributed by atoms with Crippen molar-refractivity contribution in [1.29, 1.82) is 5.26 Å². The number of ether oxygens (including phenoxy) is 1. The summed E-state index contributed by atoms with van der Waals surface area (Å²) in [6.45, 7) is 0.329. The van der Waals surface area contributed by atoms with Gasteiger partial charge in [-0.05, 0) is 29.8 Å². The summed E-state index contributed by atoms with van der Waals surface area (Å²) in [4.78, 5) is 21.5. The third-order valence-electron chi connectivity index (χ3n) is 5.27. The number of carbonyl (C=O) groups is 1. The number of nitriles is 1. The summed E-state index contributed by atoms with van der Waals surface area (Å²) in [7, 11) is 3.08. The lowest BCUT2D eigenvalue weighted by Gasteiger charge is -2.19. The number of hydrogen-bond acceptors (Lipinski definition) is 7. The lowest BCUT2D eigenvalue weighted by molar-refractivity contribution is 0.0942. The minimum atomic E-state index is -0.760. The smallest absolute Gasteiger partial charge is 0.252 e. The van der Waals surface area contributed by atoms with Crippen molar-refractivity contribution in [3.8, 4) is 11.8 Å². The molecule has 9 nitrogen and oxygen atoms in total. The van der Waals surface area contributed by atoms with Crippen molar-refractivity contribution >= 4 is 22.8 Å². The van der Waals surface area contributed by atoms with Gasteiger partial charge >= 0.3 is 0 Å². The van der Waals surface area contributed by atoms with Crippen LogP contribution < -0.4 is 15.4 Å². The number of methoxy groups -OCH3 is 1. The second-order valence-electron chi connectivity index (χ2n) is 7.67. The largest absolute Gasteiger partial charge is 0.494 e. The normalized spacial score (nSPS) is 11.6. The molecule has 1 unspecified atom stereocenters. The van der Waals surface area contributed by atoms with Crippen LogP contribution in [0.15, 0.2) is 48.9 Å². The predicted octanol–water partition coefficient (Wildman–Crippen LogP) is 3.50. The van der Waals surface area contributed by atoms with Crippen molar-refractivity contribution in [2.75, 3.05) is 19.0 Å². The maximum atomic E-state index is 14.8. The average molecular weight is 477 g/mol. The Kier molecular flexibility index (Phi) is 6.82. The predicted molar refractivity (Wildman–Crippen MR) is 124 cm³/mol. The number of rotatable bonds is 8. The van der Waals surface area contributed by atoms with Crippen molar-refractivity contribution in [2.45, 2.75) is 12.5 Å². The molecule has 4 rings (SSSR count). The number of nitrogens with one attached hydrogen (secondary N) is 2. The molecule has 0 aliphatic carbocycles. The molecule has 1 amide bonds. The molecule has 4 aromatic rings. The van der Waals surface area contributed by atoms with Crippen LogP contribution in [0, 0.1) is 23.0 Å². The average Bonchev–Trinajstić information content (AvgIpc) is 3.28. The number of carbonyl (C=O) groups excluding carboxylic acids is 1. The molecule has 0 aliphatic heterocycles. The van der Waals surface area contributed by atoms with Gasteiger partial charge in [-0.15, -0.1) is 0 Å². The molecule has 2 aromatic carbocycles. The molecule has 178 valence electrons. The molecular formula is C24H21F2N7O2. The number of anilines is 1. The standard InChI is InChI=1S/C24H21F2N7O2/c1-33-13-16(11-30-33)22(14-4-5-21(35-2)19(26)8-14)32-23(34)15-9-18(25)17-12-29-24(28-7-3-6-27)31-20(17)10-15/h4-5,8-13,22H,3,7H2,1-2H3,(H,32,34)(H,28,29,31). The molecule has 35 heavy (non-hydrogen) atoms. The third-order valence-corrected chi connectivity index (χ3v) is 5.27. The Morgan fingerprint density at radius 1 is 1.20 bits per heavy atom. The highest BCUT2D eigenvalue weighted by Crippen LogP contribution is 2.27. The maximum Gasteiger partial charge on any atom is 0.252 e. The summed E-state index contributed by atoms with van der Waals surface area (Å²) in [6, 6.07) is 8.14. The van der Waals surface area contributed by atoms with Crippen LogP contribution in [-0.2, 0) is 7.05 Å². The molecule has 0 aliphatic rings. The van der Waals surface area contributed by atoms with Crippen LogP contribution in [0.3, 0.4) is 0 Å². The summed E-state index contributed by atoms with van der Waals surface area (Å²) in [5.41, 5.74) is 1.31. The van der Waals surface area contributed by atoms with E-state index in [-0.39, 0.29) is 34.6 Å². The Labute approximate surface area is 199 Å². The fourth-order valence-corrected chi connectivity index (χ4v) is 3.56. The van der Waals surface area contributed by atoms with E-state index in [1.165, 1.54) is 31.5 Å². The molecule has 0 spiro atoms. The second kappa shape index (κ2) is 10.1. The van der Waals surface area contributed by atoms with Crippen LogP contribution in [-0.4, -0.2) is 39.3 Å². The number of hydrogen-bond donors (Lipinski definition) is 2. The maximum absolute atomic E-state index is 14.8. The van der Waals surface area contributed by atoms with Crippen LogP contribution in [0.2, 0.25) is 0 Å². The topological polar surface area (TPSA) is 118 Å². The van der Waals surface area contributed by atoms with E-state index in [0.29, 0.717) is 17.7 Å². The van der Waals surface area contributed by atoms with Gasteiger partial charge in [0.2, 0.25) is 5.95 Å². The minimum absolute atomic E-state index is 0.0274. The quantitative estimate of drug-likeness (QED) is 0.373. The summed E-state index contributed by atoms with van der Waals surface area (Å²) in [5, 5.41) is 18.7. The van der Waals surface area contributed by atoms with Crippen molar-refractivity contribution in [3.05, 3.63) is 77.2 Å². The van der Waals surface area contributed by atoms with Gasteiger partial charge in [0.1, 0.15) is 5.82 Å². The van der Waals surface area contributed by atoms with Crippen LogP contribution in [0.4, 0.5) is 14.7 Å². The van der Waals surface area contributed by atoms with Crippen molar-refractivity contribution in [2.24, 2.45) is 7.05 Å². The van der Waals surface area contributed by atoms with Crippen molar-refractivity contribution in [3.63, 3.8) is 0 Å². The number of aryl methyl sites for hydroxylation is 1. The van der Waals surface area contributed by atoms with E-state index < -0.39 is 23.6 Å². The fourth-order valence-electron chi connectivity index (χ4n) is 3.56. The Hall–Kier alpha value is -4.59. The van der Waals surface area contributed by atoms with E-state index in [1.54, 1.807) is 30.2 Å². The number of amides is 1. The Balaban J connectivity index is 1.67. The molecule has 0 fully saturated rings. The zero-order chi connectivity index (χ0) is 24.9. The van der Waals surface area contributed by atoms with E-state index in [9.17, 15) is 13.6 Å². The van der Waals surface area contributed by atoms with Crippen LogP contribution in [0.5, 0.6) is 5.75 Å². The van der Waals surface area contributed by atoms with Gasteiger partial charge in [0.15, 0.2) is 11.6 Å². The first-order valence-corrected chi connectivity index (χ1v) is 10.6. The van der Waals surface area contributed by atoms with Gasteiger partial charge in [-0.2, -0.15) is 10.4 Å². The highest BCUT2D eigenvalue weighted by molar-refractivity contribution is 5.98. The van der Waals surface area contributed by atoms with E-state index in [2.05, 4.69) is 25.7 Å². The first kappa shape index (κ1) is 23.6. The molecule has 0 saturated carbocycles. The van der Waals surface area contributed by atoms with Crippen molar-refractivity contribution < 1.29 is 18.3 Å². The molecular weight excluding hydrogens is 456 g/mol. The molecule has 1 atom stereocenters. The van der Waals surface area contributed by atoms with Gasteiger partial charge in [-0.25, -0.2) is 18.7 Å². The van der Waals surface area contributed by atoms with Crippen LogP contribution >= 0.6 is 0 Å². The number of fused-ring (bicyclic) bond motifs is 1. The first-order chi connectivity index (χ1) is 16.9. The number of aromatic nitrogens is 4. The van der Waals surface area contributed by atoms with Gasteiger partial charge in [-0.3, -0.25) is 9.48 Å². The number of halogens is 2. The number of nitrogens with zero attached hydrogens (tertiary/aromatic N) is 5. The van der Waals surface area contributed by atoms with E-state index >= 15 is 0 Å². The molecule has 2 aromatic heterocycles. The van der Waals surface area contributed by atoms with Crippen LogP contribution in [0.1, 0.15) is 33.9 Å². The fraction of sp³-hybridized carbons (Fsp3) is 0.208. The van der Waals surface area contributed by atoms with E-state index in [0.717, 1.165) is 6.07 Å². The lowest BCUT2D eigenvalue weighted by atomic mass is 10.0.